The van der Waals surface area contributed by atoms with Crippen LogP contribution < -0.4 is 10.1 Å². The average Bonchev–Trinajstić information content (AvgIpc) is 2.56. The van der Waals surface area contributed by atoms with E-state index in [0.717, 1.165) is 21.9 Å². The number of anilines is 1. The molecule has 0 radical (unpaired) electrons. The van der Waals surface area contributed by atoms with Gasteiger partial charge >= 0.3 is 0 Å². The van der Waals surface area contributed by atoms with E-state index in [1.54, 1.807) is 14.0 Å². The summed E-state index contributed by atoms with van der Waals surface area (Å²) in [7, 11) is 3.45. The number of carbonyl (C=O) groups excluding carboxylic acids is 1. The third kappa shape index (κ3) is 5.17. The number of nitrogens with one attached hydrogen (secondary N) is 1. The molecular weight excluding hydrogens is 411 g/mol. The fourth-order valence-electron chi connectivity index (χ4n) is 2.30. The van der Waals surface area contributed by atoms with Crippen LogP contribution in [0.1, 0.15) is 12.5 Å². The lowest BCUT2D eigenvalue weighted by Gasteiger charge is -2.25. The lowest BCUT2D eigenvalue weighted by molar-refractivity contribution is -0.120. The molecule has 0 saturated carbocycles. The van der Waals surface area contributed by atoms with Gasteiger partial charge in [-0.05, 0) is 50.4 Å². The number of halogens is 3. The van der Waals surface area contributed by atoms with Crippen LogP contribution in [-0.2, 0) is 11.3 Å². The summed E-state index contributed by atoms with van der Waals surface area (Å²) in [5.41, 5.74) is 1.34. The number of methoxy groups -OCH3 is 1. The van der Waals surface area contributed by atoms with E-state index in [1.807, 2.05) is 30.1 Å². The van der Waals surface area contributed by atoms with Crippen LogP contribution in [0.5, 0.6) is 5.75 Å². The number of likely N-dealkylation sites (N-methyl/N-ethyl adjacent to an activating group) is 1. The van der Waals surface area contributed by atoms with Crippen molar-refractivity contribution in [2.45, 2.75) is 19.5 Å². The standard InChI is InChI=1S/C18H19BrClFN2O2/c1-11(18(24)22-16-6-5-14(21)9-15(16)20)23(2)10-12-8-13(19)4-7-17(12)25-3/h4-9,11H,10H2,1-3H3,(H,22,24)/t11-/m0/s1. The summed E-state index contributed by atoms with van der Waals surface area (Å²) in [6.07, 6.45) is 0. The molecule has 134 valence electrons. The maximum absolute atomic E-state index is 13.1. The first-order valence-corrected chi connectivity index (χ1v) is 8.77. The maximum atomic E-state index is 13.1. The van der Waals surface area contributed by atoms with E-state index in [4.69, 9.17) is 16.3 Å². The second-order valence-corrected chi connectivity index (χ2v) is 6.98. The van der Waals surface area contributed by atoms with Gasteiger partial charge in [0.2, 0.25) is 5.91 Å². The highest BCUT2D eigenvalue weighted by atomic mass is 79.9. The molecule has 7 heteroatoms. The minimum Gasteiger partial charge on any atom is -0.496 e. The fraction of sp³-hybridized carbons (Fsp3) is 0.278. The second-order valence-electron chi connectivity index (χ2n) is 5.66. The van der Waals surface area contributed by atoms with Crippen LogP contribution in [0.15, 0.2) is 40.9 Å². The molecule has 1 amide bonds. The Morgan fingerprint density at radius 2 is 2.08 bits per heavy atom. The molecule has 0 aliphatic carbocycles. The van der Waals surface area contributed by atoms with E-state index in [2.05, 4.69) is 21.2 Å². The Morgan fingerprint density at radius 1 is 1.36 bits per heavy atom. The minimum atomic E-state index is -0.449. The van der Waals surface area contributed by atoms with Gasteiger partial charge in [0.05, 0.1) is 23.9 Å². The summed E-state index contributed by atoms with van der Waals surface area (Å²) in [5, 5.41) is 2.89. The van der Waals surface area contributed by atoms with Crippen molar-refractivity contribution in [3.63, 3.8) is 0 Å². The molecule has 1 atom stereocenters. The second kappa shape index (κ2) is 8.65. The molecule has 25 heavy (non-hydrogen) atoms. The molecule has 0 bridgehead atoms. The predicted octanol–water partition coefficient (Wildman–Crippen LogP) is 4.71. The number of nitrogens with zero attached hydrogens (tertiary/aromatic N) is 1. The Kier molecular flexibility index (Phi) is 6.81. The van der Waals surface area contributed by atoms with Crippen molar-refractivity contribution < 1.29 is 13.9 Å². The summed E-state index contributed by atoms with van der Waals surface area (Å²) in [6, 6.07) is 9.16. The molecule has 2 aromatic rings. The normalized spacial score (nSPS) is 12.1. The fourth-order valence-corrected chi connectivity index (χ4v) is 2.93. The number of hydrogen-bond acceptors (Lipinski definition) is 3. The van der Waals surface area contributed by atoms with E-state index < -0.39 is 11.9 Å². The summed E-state index contributed by atoms with van der Waals surface area (Å²) < 4.78 is 19.4. The quantitative estimate of drug-likeness (QED) is 0.723. The largest absolute Gasteiger partial charge is 0.496 e. The maximum Gasteiger partial charge on any atom is 0.241 e. The first-order chi connectivity index (χ1) is 11.8. The zero-order valence-electron chi connectivity index (χ0n) is 14.1. The number of rotatable bonds is 6. The highest BCUT2D eigenvalue weighted by Crippen LogP contribution is 2.25. The highest BCUT2D eigenvalue weighted by molar-refractivity contribution is 9.10. The molecular formula is C18H19BrClFN2O2. The van der Waals surface area contributed by atoms with Crippen LogP contribution in [0, 0.1) is 5.82 Å². The summed E-state index contributed by atoms with van der Waals surface area (Å²) >= 11 is 9.40. The van der Waals surface area contributed by atoms with Gasteiger partial charge in [-0.3, -0.25) is 9.69 Å². The van der Waals surface area contributed by atoms with Gasteiger partial charge in [-0.1, -0.05) is 27.5 Å². The predicted molar refractivity (Wildman–Crippen MR) is 102 cm³/mol. The Bertz CT molecular complexity index is 773. The molecule has 0 aromatic heterocycles. The number of benzene rings is 2. The number of hydrogen-bond donors (Lipinski definition) is 1. The third-order valence-corrected chi connectivity index (χ3v) is 4.70. The van der Waals surface area contributed by atoms with Crippen molar-refractivity contribution in [1.29, 1.82) is 0 Å². The zero-order valence-corrected chi connectivity index (χ0v) is 16.5. The van der Waals surface area contributed by atoms with Gasteiger partial charge in [-0.2, -0.15) is 0 Å². The Morgan fingerprint density at radius 3 is 2.72 bits per heavy atom. The molecule has 0 aliphatic rings. The highest BCUT2D eigenvalue weighted by Gasteiger charge is 2.20. The van der Waals surface area contributed by atoms with E-state index in [0.29, 0.717) is 12.2 Å². The SMILES string of the molecule is COc1ccc(Br)cc1CN(C)[C@@H](C)C(=O)Nc1ccc(F)cc1Cl. The number of carbonyl (C=O) groups is 1. The van der Waals surface area contributed by atoms with Gasteiger partial charge < -0.3 is 10.1 Å². The molecule has 0 fully saturated rings. The van der Waals surface area contributed by atoms with Gasteiger partial charge in [-0.25, -0.2) is 4.39 Å². The van der Waals surface area contributed by atoms with Crippen LogP contribution in [-0.4, -0.2) is 31.0 Å². The Labute approximate surface area is 160 Å². The van der Waals surface area contributed by atoms with Crippen molar-refractivity contribution >= 4 is 39.1 Å². The monoisotopic (exact) mass is 428 g/mol. The molecule has 0 heterocycles. The summed E-state index contributed by atoms with van der Waals surface area (Å²) in [4.78, 5) is 14.3. The van der Waals surface area contributed by atoms with Crippen LogP contribution in [0.2, 0.25) is 5.02 Å². The van der Waals surface area contributed by atoms with E-state index in [1.165, 1.54) is 12.1 Å². The third-order valence-electron chi connectivity index (χ3n) is 3.89. The van der Waals surface area contributed by atoms with Crippen molar-refractivity contribution in [2.75, 3.05) is 19.5 Å². The minimum absolute atomic E-state index is 0.164. The summed E-state index contributed by atoms with van der Waals surface area (Å²) in [6.45, 7) is 2.31. The van der Waals surface area contributed by atoms with Crippen molar-refractivity contribution in [1.82, 2.24) is 4.90 Å². The van der Waals surface area contributed by atoms with Crippen LogP contribution in [0.25, 0.3) is 0 Å². The first kappa shape index (κ1) is 19.7. The number of amides is 1. The average molecular weight is 430 g/mol. The molecule has 1 N–H and O–H groups in total. The van der Waals surface area contributed by atoms with Crippen molar-refractivity contribution in [3.05, 3.63) is 57.3 Å². The van der Waals surface area contributed by atoms with Gasteiger partial charge in [0.25, 0.3) is 0 Å². The van der Waals surface area contributed by atoms with Crippen LogP contribution >= 0.6 is 27.5 Å². The molecule has 0 saturated heterocycles. The molecule has 0 spiro atoms. The molecule has 0 unspecified atom stereocenters. The molecule has 2 rings (SSSR count). The number of ether oxygens (including phenoxy) is 1. The first-order valence-electron chi connectivity index (χ1n) is 7.60. The Hall–Kier alpha value is -1.63. The zero-order chi connectivity index (χ0) is 18.6. The van der Waals surface area contributed by atoms with Crippen molar-refractivity contribution in [2.24, 2.45) is 0 Å². The van der Waals surface area contributed by atoms with Gasteiger partial charge in [0.1, 0.15) is 11.6 Å². The van der Waals surface area contributed by atoms with Crippen LogP contribution in [0.3, 0.4) is 0 Å². The van der Waals surface area contributed by atoms with Gasteiger partial charge in [0, 0.05) is 16.6 Å². The molecule has 0 aliphatic heterocycles. The lowest BCUT2D eigenvalue weighted by atomic mass is 10.1. The van der Waals surface area contributed by atoms with Gasteiger partial charge in [0.15, 0.2) is 0 Å². The van der Waals surface area contributed by atoms with E-state index in [-0.39, 0.29) is 10.9 Å². The topological polar surface area (TPSA) is 41.6 Å². The molecule has 4 nitrogen and oxygen atoms in total. The lowest BCUT2D eigenvalue weighted by Crippen LogP contribution is -2.39. The van der Waals surface area contributed by atoms with E-state index >= 15 is 0 Å². The van der Waals surface area contributed by atoms with Crippen molar-refractivity contribution in [3.8, 4) is 5.75 Å². The summed E-state index contributed by atoms with van der Waals surface area (Å²) in [5.74, 6) is 0.0733. The molecule has 2 aromatic carbocycles. The smallest absolute Gasteiger partial charge is 0.241 e. The van der Waals surface area contributed by atoms with Crippen LogP contribution in [0.4, 0.5) is 10.1 Å². The van der Waals surface area contributed by atoms with Gasteiger partial charge in [-0.15, -0.1) is 0 Å². The Balaban J connectivity index is 2.07. The van der Waals surface area contributed by atoms with E-state index in [9.17, 15) is 9.18 Å².